The monoisotopic (exact) mass is 357 g/mol. The second-order valence-corrected chi connectivity index (χ2v) is 6.21. The zero-order chi connectivity index (χ0) is 18.8. The minimum atomic E-state index is -0.0955. The third-order valence-electron chi connectivity index (χ3n) is 4.55. The van der Waals surface area contributed by atoms with E-state index in [0.717, 1.165) is 22.6 Å². The van der Waals surface area contributed by atoms with Gasteiger partial charge in [0, 0.05) is 38.4 Å². The van der Waals surface area contributed by atoms with Crippen LogP contribution in [0.2, 0.25) is 0 Å². The van der Waals surface area contributed by atoms with Gasteiger partial charge in [-0.05, 0) is 48.4 Å². The van der Waals surface area contributed by atoms with E-state index in [-0.39, 0.29) is 5.91 Å². The van der Waals surface area contributed by atoms with E-state index in [1.54, 1.807) is 36.7 Å². The lowest BCUT2D eigenvalue weighted by Gasteiger charge is -2.22. The summed E-state index contributed by atoms with van der Waals surface area (Å²) >= 11 is 0. The Bertz CT molecular complexity index is 1020. The molecule has 3 aromatic rings. The van der Waals surface area contributed by atoms with Crippen molar-refractivity contribution in [3.8, 4) is 0 Å². The number of carbonyl (C=O) groups excluding carboxylic acids is 1. The lowest BCUT2D eigenvalue weighted by molar-refractivity contribution is 0.0994. The summed E-state index contributed by atoms with van der Waals surface area (Å²) < 4.78 is 0. The highest BCUT2D eigenvalue weighted by Crippen LogP contribution is 2.37. The Balaban J connectivity index is 1.79. The second-order valence-electron chi connectivity index (χ2n) is 6.21. The quantitative estimate of drug-likeness (QED) is 0.714. The molecule has 27 heavy (non-hydrogen) atoms. The Morgan fingerprint density at radius 1 is 1.00 bits per heavy atom. The summed E-state index contributed by atoms with van der Waals surface area (Å²) in [6.07, 6.45) is 10.9. The fourth-order valence-corrected chi connectivity index (χ4v) is 3.15. The van der Waals surface area contributed by atoms with Gasteiger partial charge in [0.25, 0.3) is 5.91 Å². The van der Waals surface area contributed by atoms with Crippen LogP contribution in [0.4, 0.5) is 17.3 Å². The highest BCUT2D eigenvalue weighted by atomic mass is 16.2. The van der Waals surface area contributed by atoms with Gasteiger partial charge in [0.05, 0.1) is 11.3 Å². The van der Waals surface area contributed by atoms with Gasteiger partial charge in [0.1, 0.15) is 5.82 Å². The van der Waals surface area contributed by atoms with E-state index in [1.807, 2.05) is 54.3 Å². The minimum Gasteiger partial charge on any atom is -0.309 e. The predicted octanol–water partition coefficient (Wildman–Crippen LogP) is 3.79. The molecule has 6 nitrogen and oxygen atoms in total. The largest absolute Gasteiger partial charge is 0.309 e. The molecule has 1 amide bonds. The molecule has 6 heteroatoms. The molecular weight excluding hydrogens is 338 g/mol. The predicted molar refractivity (Wildman–Crippen MR) is 107 cm³/mol. The smallest absolute Gasteiger partial charge is 0.261 e. The number of hydrogen-bond donors (Lipinski definition) is 0. The van der Waals surface area contributed by atoms with Gasteiger partial charge >= 0.3 is 0 Å². The molecule has 4 heterocycles. The molecule has 0 aromatic carbocycles. The van der Waals surface area contributed by atoms with Crippen molar-refractivity contribution >= 4 is 35.4 Å². The fraction of sp³-hybridized carbons (Fsp3) is 0.143. The molecule has 134 valence electrons. The molecule has 0 bridgehead atoms. The first kappa shape index (κ1) is 16.9. The fourth-order valence-electron chi connectivity index (χ4n) is 3.15. The number of carbonyl (C=O) groups is 1. The van der Waals surface area contributed by atoms with Gasteiger partial charge in [-0.3, -0.25) is 9.78 Å². The van der Waals surface area contributed by atoms with Crippen LogP contribution in [-0.4, -0.2) is 34.5 Å². The second kappa shape index (κ2) is 6.99. The SMILES string of the molecule is CCN1c2ncc(C=Cc3ccncc3)cc2C(=O)N(C)c2cccnc21. The highest BCUT2D eigenvalue weighted by Gasteiger charge is 2.30. The standard InChI is InChI=1S/C21H19N5O/c1-3-26-19-17(21(27)25(2)18-5-4-10-23-20(18)26)13-16(14-24-19)7-6-15-8-11-22-12-9-15/h4-14H,3H2,1-2H3. The summed E-state index contributed by atoms with van der Waals surface area (Å²) in [6, 6.07) is 9.47. The van der Waals surface area contributed by atoms with Crippen LogP contribution < -0.4 is 9.80 Å². The lowest BCUT2D eigenvalue weighted by Crippen LogP contribution is -2.25. The van der Waals surface area contributed by atoms with Crippen molar-refractivity contribution in [3.05, 3.63) is 71.8 Å². The van der Waals surface area contributed by atoms with Gasteiger partial charge in [-0.15, -0.1) is 0 Å². The summed E-state index contributed by atoms with van der Waals surface area (Å²) in [4.78, 5) is 29.8. The Morgan fingerprint density at radius 3 is 2.56 bits per heavy atom. The molecule has 0 atom stereocenters. The van der Waals surface area contributed by atoms with Crippen molar-refractivity contribution in [1.29, 1.82) is 0 Å². The molecule has 1 aliphatic rings. The topological polar surface area (TPSA) is 62.2 Å². The van der Waals surface area contributed by atoms with Crippen molar-refractivity contribution in [2.45, 2.75) is 6.92 Å². The van der Waals surface area contributed by atoms with Crippen LogP contribution in [0, 0.1) is 0 Å². The van der Waals surface area contributed by atoms with Crippen LogP contribution in [-0.2, 0) is 0 Å². The lowest BCUT2D eigenvalue weighted by atomic mass is 10.1. The van der Waals surface area contributed by atoms with E-state index in [9.17, 15) is 4.79 Å². The van der Waals surface area contributed by atoms with Gasteiger partial charge in [0.15, 0.2) is 5.82 Å². The van der Waals surface area contributed by atoms with E-state index in [1.165, 1.54) is 0 Å². The van der Waals surface area contributed by atoms with Crippen LogP contribution >= 0.6 is 0 Å². The summed E-state index contributed by atoms with van der Waals surface area (Å²) in [7, 11) is 1.77. The summed E-state index contributed by atoms with van der Waals surface area (Å²) in [5.41, 5.74) is 3.24. The first-order chi connectivity index (χ1) is 13.2. The summed E-state index contributed by atoms with van der Waals surface area (Å²) in [5, 5.41) is 0. The molecule has 0 spiro atoms. The Kier molecular flexibility index (Phi) is 4.38. The van der Waals surface area contributed by atoms with Crippen molar-refractivity contribution < 1.29 is 4.79 Å². The molecule has 0 radical (unpaired) electrons. The van der Waals surface area contributed by atoms with Gasteiger partial charge in [-0.25, -0.2) is 9.97 Å². The van der Waals surface area contributed by atoms with Gasteiger partial charge in [0.2, 0.25) is 0 Å². The Labute approximate surface area is 157 Å². The Morgan fingerprint density at radius 2 is 1.78 bits per heavy atom. The molecule has 4 rings (SSSR count). The number of nitrogens with zero attached hydrogens (tertiary/aromatic N) is 5. The first-order valence-corrected chi connectivity index (χ1v) is 8.78. The average Bonchev–Trinajstić information content (AvgIpc) is 2.81. The average molecular weight is 357 g/mol. The number of hydrogen-bond acceptors (Lipinski definition) is 5. The third kappa shape index (κ3) is 3.06. The zero-order valence-electron chi connectivity index (χ0n) is 15.2. The number of amides is 1. The molecule has 0 saturated heterocycles. The highest BCUT2D eigenvalue weighted by molar-refractivity contribution is 6.12. The van der Waals surface area contributed by atoms with Crippen LogP contribution in [0.5, 0.6) is 0 Å². The van der Waals surface area contributed by atoms with Crippen molar-refractivity contribution in [3.63, 3.8) is 0 Å². The molecule has 0 N–H and O–H groups in total. The maximum atomic E-state index is 13.1. The number of pyridine rings is 3. The summed E-state index contributed by atoms with van der Waals surface area (Å²) in [5.74, 6) is 1.27. The van der Waals surface area contributed by atoms with E-state index in [4.69, 9.17) is 0 Å². The van der Waals surface area contributed by atoms with Gasteiger partial charge in [-0.1, -0.05) is 12.2 Å². The molecule has 0 aliphatic carbocycles. The summed E-state index contributed by atoms with van der Waals surface area (Å²) in [6.45, 7) is 2.69. The van der Waals surface area contributed by atoms with E-state index < -0.39 is 0 Å². The molecule has 3 aromatic heterocycles. The number of rotatable bonds is 3. The van der Waals surface area contributed by atoms with E-state index in [2.05, 4.69) is 15.0 Å². The Hall–Kier alpha value is -3.54. The third-order valence-corrected chi connectivity index (χ3v) is 4.55. The van der Waals surface area contributed by atoms with Gasteiger partial charge < -0.3 is 9.80 Å². The van der Waals surface area contributed by atoms with Crippen molar-refractivity contribution in [2.75, 3.05) is 23.4 Å². The van der Waals surface area contributed by atoms with E-state index in [0.29, 0.717) is 17.9 Å². The molecule has 0 saturated carbocycles. The molecule has 1 aliphatic heterocycles. The normalized spacial score (nSPS) is 13.5. The first-order valence-electron chi connectivity index (χ1n) is 8.78. The maximum Gasteiger partial charge on any atom is 0.261 e. The van der Waals surface area contributed by atoms with Crippen molar-refractivity contribution in [1.82, 2.24) is 15.0 Å². The molecular formula is C21H19N5O. The van der Waals surface area contributed by atoms with Crippen LogP contribution in [0.3, 0.4) is 0 Å². The van der Waals surface area contributed by atoms with Gasteiger partial charge in [-0.2, -0.15) is 0 Å². The minimum absolute atomic E-state index is 0.0955. The number of fused-ring (bicyclic) bond motifs is 2. The number of aromatic nitrogens is 3. The molecule has 0 unspecified atom stereocenters. The zero-order valence-corrected chi connectivity index (χ0v) is 15.2. The van der Waals surface area contributed by atoms with Crippen LogP contribution in [0.15, 0.2) is 55.1 Å². The molecule has 0 fully saturated rings. The van der Waals surface area contributed by atoms with Crippen molar-refractivity contribution in [2.24, 2.45) is 0 Å². The number of anilines is 3. The van der Waals surface area contributed by atoms with Crippen LogP contribution in [0.25, 0.3) is 12.2 Å². The van der Waals surface area contributed by atoms with Crippen LogP contribution in [0.1, 0.15) is 28.4 Å². The van der Waals surface area contributed by atoms with E-state index >= 15 is 0 Å². The maximum absolute atomic E-state index is 13.1.